The van der Waals surface area contributed by atoms with Crippen molar-refractivity contribution in [1.29, 1.82) is 0 Å². The van der Waals surface area contributed by atoms with Gasteiger partial charge in [-0.3, -0.25) is 48.3 Å². The molecule has 10 aliphatic rings. The first-order valence-electron chi connectivity index (χ1n) is 41.9. The molecule has 4 saturated carbocycles. The van der Waals surface area contributed by atoms with E-state index < -0.39 is 256 Å². The van der Waals surface area contributed by atoms with Gasteiger partial charge in [0.15, 0.2) is 36.7 Å². The molecule has 0 bridgehead atoms. The van der Waals surface area contributed by atoms with Crippen LogP contribution in [0.3, 0.4) is 0 Å². The average Bonchev–Trinajstić information content (AvgIpc) is 0.775. The van der Waals surface area contributed by atoms with Crippen LogP contribution in [0.25, 0.3) is 0 Å². The Balaban J connectivity index is 0.778. The summed E-state index contributed by atoms with van der Waals surface area (Å²) in [6, 6.07) is -0.924. The number of carbonyl (C=O) groups excluding carboxylic acids is 6. The number of aromatic nitrogens is 4. The SMILES string of the molecule is C[C@@H]1O[C@@H](O[C@@H]2[C@@H](CC(=O)c3cc(=O)[nH]c(=O)[nH]3)CCC[C@H]2O[C@@H]2O[C@H](CO)[C@H](O)[C@H](O[C@@H](CC3CCCCC3)C(=O)N3CCC3)[C@H]2CC(=O)COCCOCC(=O)N[C@H]2[C@H](O[C@@H]3CCC[C@H](NC(=O)c4cc(=O)[nH]c(=O)[nH]4)[C@H]3O[C@@H]3O[C@@H](C)[C@@H](O)[C@@H](O)[C@@H]3O)O[C@H](CO)[C@H](O)[C@@H]2O[C@@H](CC2CCCCC2)C(=O)N2CCC2)[C@@H](O)[C@H](O)[C@@H]1O. The van der Waals surface area contributed by atoms with Crippen molar-refractivity contribution in [2.75, 3.05) is 65.8 Å². The molecule has 16 N–H and O–H groups in total. The maximum atomic E-state index is 14.7. The van der Waals surface area contributed by atoms with E-state index in [4.69, 9.17) is 56.8 Å². The number of hydrogen-bond acceptors (Lipinski definition) is 32. The second kappa shape index (κ2) is 42.2. The van der Waals surface area contributed by atoms with Crippen molar-refractivity contribution >= 4 is 35.2 Å². The normalized spacial score (nSPS) is 36.2. The first-order valence-corrected chi connectivity index (χ1v) is 41.9. The number of aliphatic hydroxyl groups is 10. The Labute approximate surface area is 678 Å². The van der Waals surface area contributed by atoms with Crippen LogP contribution in [0.15, 0.2) is 31.3 Å². The van der Waals surface area contributed by atoms with Gasteiger partial charge in [0.25, 0.3) is 28.8 Å². The second-order valence-corrected chi connectivity index (χ2v) is 33.3. The van der Waals surface area contributed by atoms with Crippen molar-refractivity contribution in [3.8, 4) is 0 Å². The van der Waals surface area contributed by atoms with Crippen molar-refractivity contribution in [2.45, 2.75) is 314 Å². The molecule has 40 nitrogen and oxygen atoms in total. The maximum absolute atomic E-state index is 14.7. The number of likely N-dealkylation sites (tertiary alicyclic amines) is 2. The third-order valence-electron chi connectivity index (χ3n) is 24.9. The second-order valence-electron chi connectivity index (χ2n) is 33.3. The fraction of sp³-hybridized carbons (Fsp3) is 0.821. The molecule has 8 heterocycles. The van der Waals surface area contributed by atoms with Gasteiger partial charge in [-0.25, -0.2) is 9.59 Å². The Morgan fingerprint density at radius 1 is 0.475 bits per heavy atom. The molecule has 4 aliphatic carbocycles. The van der Waals surface area contributed by atoms with Crippen molar-refractivity contribution < 1.29 is 137 Å². The number of Topliss-reactive ketones (excluding diaryl/α,β-unsaturated/α-hetero) is 2. The lowest BCUT2D eigenvalue weighted by molar-refractivity contribution is -0.343. The molecule has 40 heteroatoms. The van der Waals surface area contributed by atoms with Crippen LogP contribution in [0.1, 0.15) is 176 Å². The number of carbonyl (C=O) groups is 6. The number of amides is 4. The lowest BCUT2D eigenvalue weighted by Gasteiger charge is -2.49. The van der Waals surface area contributed by atoms with Crippen molar-refractivity contribution in [3.63, 3.8) is 0 Å². The van der Waals surface area contributed by atoms with Gasteiger partial charge in [-0.15, -0.1) is 0 Å². The van der Waals surface area contributed by atoms with Crippen LogP contribution < -0.4 is 33.1 Å². The summed E-state index contributed by atoms with van der Waals surface area (Å²) in [6.45, 7) is 0.900. The van der Waals surface area contributed by atoms with Crippen LogP contribution in [0.5, 0.6) is 0 Å². The maximum Gasteiger partial charge on any atom is 0.326 e. The molecule has 12 rings (SSSR count). The van der Waals surface area contributed by atoms with Crippen LogP contribution in [0.2, 0.25) is 0 Å². The highest BCUT2D eigenvalue weighted by molar-refractivity contribution is 5.94. The highest BCUT2D eigenvalue weighted by Gasteiger charge is 2.56. The summed E-state index contributed by atoms with van der Waals surface area (Å²) in [5, 5.41) is 118. The summed E-state index contributed by atoms with van der Waals surface area (Å²) in [6.07, 6.45) is -25.0. The largest absolute Gasteiger partial charge is 0.394 e. The molecule has 28 atom stereocenters. The number of hydrogen-bond donors (Lipinski definition) is 16. The van der Waals surface area contributed by atoms with Gasteiger partial charge in [0.05, 0.1) is 74.8 Å². The highest BCUT2D eigenvalue weighted by Crippen LogP contribution is 2.43. The molecule has 10 fully saturated rings. The first-order chi connectivity index (χ1) is 56.6. The van der Waals surface area contributed by atoms with E-state index in [1.807, 2.05) is 9.97 Å². The van der Waals surface area contributed by atoms with Crippen LogP contribution in [-0.4, -0.2) is 341 Å². The zero-order chi connectivity index (χ0) is 84.2. The molecule has 0 unspecified atom stereocenters. The number of aliphatic hydroxyl groups excluding tert-OH is 10. The third-order valence-corrected chi connectivity index (χ3v) is 24.9. The van der Waals surface area contributed by atoms with Crippen LogP contribution in [-0.2, 0) is 76.0 Å². The van der Waals surface area contributed by atoms with E-state index in [0.29, 0.717) is 32.6 Å². The molecule has 118 heavy (non-hydrogen) atoms. The number of rotatable bonds is 35. The topological polar surface area (TPSA) is 577 Å². The number of ether oxygens (including phenoxy) is 12. The Kier molecular flexibility index (Phi) is 32.5. The van der Waals surface area contributed by atoms with Crippen molar-refractivity contribution in [3.05, 3.63) is 65.2 Å². The fourth-order valence-corrected chi connectivity index (χ4v) is 18.0. The molecule has 2 aromatic rings. The van der Waals surface area contributed by atoms with Crippen molar-refractivity contribution in [1.82, 2.24) is 40.4 Å². The molecule has 0 spiro atoms. The number of nitrogens with one attached hydrogen (secondary N) is 6. The molecule has 2 aromatic heterocycles. The van der Waals surface area contributed by atoms with Crippen LogP contribution in [0.4, 0.5) is 0 Å². The summed E-state index contributed by atoms with van der Waals surface area (Å²) in [5.41, 5.74) is -4.42. The lowest BCUT2D eigenvalue weighted by Crippen LogP contribution is -2.68. The molecule has 6 aliphatic heterocycles. The fourth-order valence-electron chi connectivity index (χ4n) is 18.0. The standard InChI is InChI=1S/C78H118N8O32/c1-37-58(94)62(98)64(100)75(109-37)117-66-41(29-47(90)45-31-54(91)83-77(105)80-45)17-9-19-48(66)113-73-43(67(60(96)52(33-87)115-73)111-50(71(103)85-21-11-22-85)27-39-13-5-3-6-14-39)30-42(89)35-107-25-26-108-36-56(93)82-57-69(112-51(72(104)86-23-12-24-86)28-40-15-7-4-8-16-40)61(97)53(34-88)116-74(57)114-49-20-10-18-44(79-70(102)46-32-55(92)84-78(106)81-46)68(49)118-76-65(101)63(99)59(95)38(2)110-76/h31-32,37-41,43-44,48-53,57-69,73-76,87-88,94-101H,3-30,33-36H2,1-2H3,(H,79,102)(H,82,93)(H2,80,83,91,105)(H2,81,84,92,106)/t37-,38-,41+,43+,44-,48+,49+,50-,51-,52+,53+,57+,58+,59+,60-,61-,62+,63+,64-,65-,66+,67+,68+,69+,73+,74+,75-,76-/m0/s1. The van der Waals surface area contributed by atoms with E-state index in [9.17, 15) is 99.0 Å². The zero-order valence-corrected chi connectivity index (χ0v) is 66.5. The summed E-state index contributed by atoms with van der Waals surface area (Å²) < 4.78 is 76.6. The Bertz CT molecular complexity index is 3590. The molecular weight excluding hydrogens is 1560 g/mol. The van der Waals surface area contributed by atoms with Gasteiger partial charge in [-0.1, -0.05) is 70.6 Å². The summed E-state index contributed by atoms with van der Waals surface area (Å²) in [5.74, 6) is -5.90. The van der Waals surface area contributed by atoms with Gasteiger partial charge in [0, 0.05) is 57.1 Å². The predicted molar refractivity (Wildman–Crippen MR) is 403 cm³/mol. The van der Waals surface area contributed by atoms with E-state index in [1.54, 1.807) is 9.80 Å². The highest BCUT2D eigenvalue weighted by atomic mass is 16.7. The van der Waals surface area contributed by atoms with Crippen LogP contribution >= 0.6 is 0 Å². The van der Waals surface area contributed by atoms with Gasteiger partial charge in [-0.2, -0.15) is 0 Å². The summed E-state index contributed by atoms with van der Waals surface area (Å²) in [4.78, 5) is 148. The molecule has 662 valence electrons. The first kappa shape index (κ1) is 90.9. The number of H-pyrrole nitrogens is 4. The van der Waals surface area contributed by atoms with E-state index >= 15 is 0 Å². The predicted octanol–water partition coefficient (Wildman–Crippen LogP) is -3.85. The van der Waals surface area contributed by atoms with E-state index in [0.717, 1.165) is 89.2 Å². The van der Waals surface area contributed by atoms with Gasteiger partial charge in [0.2, 0.25) is 5.91 Å². The molecule has 0 radical (unpaired) electrons. The molecule has 6 saturated heterocycles. The zero-order valence-electron chi connectivity index (χ0n) is 66.5. The van der Waals surface area contributed by atoms with Gasteiger partial charge in [0.1, 0.15) is 110 Å². The van der Waals surface area contributed by atoms with E-state index in [-0.39, 0.29) is 93.9 Å². The Morgan fingerprint density at radius 2 is 0.958 bits per heavy atom. The van der Waals surface area contributed by atoms with Gasteiger partial charge in [-0.05, 0) is 89.4 Å². The number of ketones is 2. The lowest BCUT2D eigenvalue weighted by atomic mass is 9.80. The monoisotopic (exact) mass is 1680 g/mol. The van der Waals surface area contributed by atoms with E-state index in [1.165, 1.54) is 13.8 Å². The molecule has 4 amide bonds. The minimum atomic E-state index is -1.88. The quantitative estimate of drug-likeness (QED) is 0.0232. The minimum absolute atomic E-state index is 0.0395. The minimum Gasteiger partial charge on any atom is -0.394 e. The van der Waals surface area contributed by atoms with E-state index in [2.05, 4.69) is 20.6 Å². The van der Waals surface area contributed by atoms with Crippen LogP contribution in [0, 0.1) is 23.7 Å². The third kappa shape index (κ3) is 22.7. The van der Waals surface area contributed by atoms with Gasteiger partial charge < -0.3 is 138 Å². The Morgan fingerprint density at radius 3 is 1.49 bits per heavy atom. The van der Waals surface area contributed by atoms with Gasteiger partial charge >= 0.3 is 11.4 Å². The average molecular weight is 1680 g/mol. The van der Waals surface area contributed by atoms with Crippen molar-refractivity contribution in [2.24, 2.45) is 23.7 Å². The Hall–Kier alpha value is -6.30. The molecular formula is C78H118N8O32. The number of nitrogens with zero attached hydrogens (tertiary/aromatic N) is 2. The summed E-state index contributed by atoms with van der Waals surface area (Å²) >= 11 is 0. The molecule has 0 aromatic carbocycles. The number of aromatic amines is 4. The summed E-state index contributed by atoms with van der Waals surface area (Å²) in [7, 11) is 0. The smallest absolute Gasteiger partial charge is 0.326 e.